The van der Waals surface area contributed by atoms with Crippen LogP contribution in [-0.4, -0.2) is 14.6 Å². The van der Waals surface area contributed by atoms with Gasteiger partial charge in [0.25, 0.3) is 0 Å². The molecule has 0 atom stereocenters. The number of carbonyl (C=O) groups excluding carboxylic acids is 1. The van der Waals surface area contributed by atoms with E-state index in [0.717, 1.165) is 17.6 Å². The molecule has 0 aromatic heterocycles. The zero-order valence-electron chi connectivity index (χ0n) is 11.9. The summed E-state index contributed by atoms with van der Waals surface area (Å²) in [6.07, 6.45) is 4.05. The van der Waals surface area contributed by atoms with E-state index in [2.05, 4.69) is 33.9 Å². The van der Waals surface area contributed by atoms with Crippen LogP contribution in [0.15, 0.2) is 30.3 Å². The Bertz CT molecular complexity index is 425. The minimum Gasteiger partial charge on any atom is -0.544 e. The Hall–Kier alpha value is -1.35. The summed E-state index contributed by atoms with van der Waals surface area (Å²) in [5.41, 5.74) is 1.00. The first-order valence-electron chi connectivity index (χ1n) is 6.17. The molecule has 0 bridgehead atoms. The maximum atomic E-state index is 10.2. The van der Waals surface area contributed by atoms with Gasteiger partial charge in [-0.1, -0.05) is 39.0 Å². The largest absolute Gasteiger partial charge is 0.544 e. The molecular formula is C15H22O2Si. The number of allylic oxidation sites excluding steroid dienone is 1. The van der Waals surface area contributed by atoms with Crippen molar-refractivity contribution >= 4 is 20.7 Å². The number of rotatable bonds is 4. The number of benzene rings is 1. The number of hydrogen-bond donors (Lipinski definition) is 0. The molecule has 1 aromatic carbocycles. The van der Waals surface area contributed by atoms with E-state index in [1.165, 1.54) is 6.08 Å². The van der Waals surface area contributed by atoms with Crippen molar-refractivity contribution in [3.63, 3.8) is 0 Å². The Kier molecular flexibility index (Phi) is 4.51. The average molecular weight is 262 g/mol. The third-order valence-corrected chi connectivity index (χ3v) is 7.78. The molecule has 0 fully saturated rings. The number of aldehydes is 1. The Morgan fingerprint density at radius 2 is 1.67 bits per heavy atom. The van der Waals surface area contributed by atoms with E-state index in [1.54, 1.807) is 6.08 Å². The molecule has 98 valence electrons. The minimum atomic E-state index is -1.76. The Morgan fingerprint density at radius 1 is 1.11 bits per heavy atom. The highest BCUT2D eigenvalue weighted by Gasteiger charge is 2.38. The van der Waals surface area contributed by atoms with Gasteiger partial charge in [-0.15, -0.1) is 0 Å². The van der Waals surface area contributed by atoms with Crippen molar-refractivity contribution in [1.82, 2.24) is 0 Å². The summed E-state index contributed by atoms with van der Waals surface area (Å²) >= 11 is 0. The highest BCUT2D eigenvalue weighted by molar-refractivity contribution is 6.74. The van der Waals surface area contributed by atoms with E-state index < -0.39 is 8.32 Å². The van der Waals surface area contributed by atoms with E-state index in [0.29, 0.717) is 0 Å². The van der Waals surface area contributed by atoms with E-state index >= 15 is 0 Å². The van der Waals surface area contributed by atoms with Gasteiger partial charge in [-0.3, -0.25) is 4.79 Å². The fraction of sp³-hybridized carbons (Fsp3) is 0.400. The molecule has 0 N–H and O–H groups in total. The third-order valence-electron chi connectivity index (χ3n) is 3.43. The highest BCUT2D eigenvalue weighted by atomic mass is 28.4. The van der Waals surface area contributed by atoms with Gasteiger partial charge < -0.3 is 4.43 Å². The second-order valence-corrected chi connectivity index (χ2v) is 10.7. The van der Waals surface area contributed by atoms with E-state index in [1.807, 2.05) is 24.3 Å². The van der Waals surface area contributed by atoms with Gasteiger partial charge in [0.15, 0.2) is 0 Å². The van der Waals surface area contributed by atoms with Gasteiger partial charge in [0.05, 0.1) is 0 Å². The van der Waals surface area contributed by atoms with Crippen molar-refractivity contribution in [2.75, 3.05) is 0 Å². The zero-order valence-corrected chi connectivity index (χ0v) is 12.9. The quantitative estimate of drug-likeness (QED) is 0.460. The van der Waals surface area contributed by atoms with Gasteiger partial charge >= 0.3 is 0 Å². The summed E-state index contributed by atoms with van der Waals surface area (Å²) in [4.78, 5) is 10.2. The molecule has 2 nitrogen and oxygen atoms in total. The van der Waals surface area contributed by atoms with Crippen LogP contribution < -0.4 is 4.43 Å². The van der Waals surface area contributed by atoms with Gasteiger partial charge in [-0.2, -0.15) is 0 Å². The monoisotopic (exact) mass is 262 g/mol. The van der Waals surface area contributed by atoms with Crippen LogP contribution in [0.3, 0.4) is 0 Å². The predicted octanol–water partition coefficient (Wildman–Crippen LogP) is 4.28. The molecular weight excluding hydrogens is 240 g/mol. The zero-order chi connectivity index (χ0) is 13.8. The van der Waals surface area contributed by atoms with Crippen LogP contribution in [0.5, 0.6) is 5.75 Å². The standard InChI is InChI=1S/C15H22O2Si/c1-15(2,3)18(4,5)17-14-10-8-13(9-11-14)7-6-12-16/h6-12H,1-5H3/b7-6+. The molecule has 1 aromatic rings. The topological polar surface area (TPSA) is 26.3 Å². The molecule has 0 amide bonds. The second kappa shape index (κ2) is 5.53. The van der Waals surface area contributed by atoms with E-state index in [9.17, 15) is 4.79 Å². The molecule has 18 heavy (non-hydrogen) atoms. The molecule has 0 aliphatic carbocycles. The summed E-state index contributed by atoms with van der Waals surface area (Å²) in [6.45, 7) is 11.1. The first-order valence-corrected chi connectivity index (χ1v) is 9.08. The van der Waals surface area contributed by atoms with E-state index in [-0.39, 0.29) is 5.04 Å². The van der Waals surface area contributed by atoms with Crippen molar-refractivity contribution in [3.05, 3.63) is 35.9 Å². The van der Waals surface area contributed by atoms with Gasteiger partial charge in [0.1, 0.15) is 12.0 Å². The molecule has 1 rings (SSSR count). The van der Waals surface area contributed by atoms with Crippen molar-refractivity contribution < 1.29 is 9.22 Å². The Balaban J connectivity index is 2.81. The molecule has 3 heteroatoms. The lowest BCUT2D eigenvalue weighted by Crippen LogP contribution is -2.43. The lowest BCUT2D eigenvalue weighted by Gasteiger charge is -2.36. The maximum Gasteiger partial charge on any atom is 0.250 e. The third kappa shape index (κ3) is 3.84. The van der Waals surface area contributed by atoms with Gasteiger partial charge in [0, 0.05) is 0 Å². The first kappa shape index (κ1) is 14.7. The summed E-state index contributed by atoms with van der Waals surface area (Å²) in [5.74, 6) is 0.907. The molecule has 0 unspecified atom stereocenters. The van der Waals surface area contributed by atoms with Gasteiger partial charge in [0.2, 0.25) is 8.32 Å². The molecule has 0 spiro atoms. The molecule has 0 saturated carbocycles. The summed E-state index contributed by atoms with van der Waals surface area (Å²) in [6, 6.07) is 7.85. The number of carbonyl (C=O) groups is 1. The maximum absolute atomic E-state index is 10.2. The lowest BCUT2D eigenvalue weighted by molar-refractivity contribution is -0.104. The summed E-state index contributed by atoms with van der Waals surface area (Å²) in [7, 11) is -1.76. The summed E-state index contributed by atoms with van der Waals surface area (Å²) in [5, 5.41) is 0.198. The average Bonchev–Trinajstić information content (AvgIpc) is 2.26. The van der Waals surface area contributed by atoms with Crippen LogP contribution in [0.4, 0.5) is 0 Å². The molecule has 0 saturated heterocycles. The van der Waals surface area contributed by atoms with E-state index in [4.69, 9.17) is 4.43 Å². The van der Waals surface area contributed by atoms with Gasteiger partial charge in [-0.05, 0) is 41.9 Å². The molecule has 0 radical (unpaired) electrons. The predicted molar refractivity (Wildman–Crippen MR) is 79.4 cm³/mol. The fourth-order valence-corrected chi connectivity index (χ4v) is 2.28. The first-order chi connectivity index (χ1) is 8.26. The molecule has 0 aliphatic rings. The number of hydrogen-bond acceptors (Lipinski definition) is 2. The highest BCUT2D eigenvalue weighted by Crippen LogP contribution is 2.37. The van der Waals surface area contributed by atoms with Crippen LogP contribution in [0.2, 0.25) is 18.1 Å². The fourth-order valence-electron chi connectivity index (χ4n) is 1.25. The Morgan fingerprint density at radius 3 is 2.11 bits per heavy atom. The van der Waals surface area contributed by atoms with Crippen LogP contribution in [0.1, 0.15) is 26.3 Å². The smallest absolute Gasteiger partial charge is 0.250 e. The van der Waals surface area contributed by atoms with Gasteiger partial charge in [-0.25, -0.2) is 0 Å². The van der Waals surface area contributed by atoms with Crippen molar-refractivity contribution in [2.24, 2.45) is 0 Å². The van der Waals surface area contributed by atoms with Crippen LogP contribution in [0, 0.1) is 0 Å². The molecule has 0 aliphatic heterocycles. The normalized spacial score (nSPS) is 12.7. The van der Waals surface area contributed by atoms with Crippen molar-refractivity contribution in [1.29, 1.82) is 0 Å². The molecule has 0 heterocycles. The second-order valence-electron chi connectivity index (χ2n) is 5.93. The van der Waals surface area contributed by atoms with Crippen molar-refractivity contribution in [3.8, 4) is 5.75 Å². The van der Waals surface area contributed by atoms with Crippen LogP contribution in [0.25, 0.3) is 6.08 Å². The van der Waals surface area contributed by atoms with Crippen molar-refractivity contribution in [2.45, 2.75) is 38.9 Å². The summed E-state index contributed by atoms with van der Waals surface area (Å²) < 4.78 is 6.17. The van der Waals surface area contributed by atoms with Crippen LogP contribution in [-0.2, 0) is 4.79 Å². The lowest BCUT2D eigenvalue weighted by atomic mass is 10.2. The SMILES string of the molecule is CC(C)(C)[Si](C)(C)Oc1ccc(/C=C/C=O)cc1. The minimum absolute atomic E-state index is 0.198. The Labute approximate surface area is 111 Å². The van der Waals surface area contributed by atoms with Crippen LogP contribution >= 0.6 is 0 Å².